The fourth-order valence-electron chi connectivity index (χ4n) is 1.11. The zero-order valence-electron chi connectivity index (χ0n) is 8.59. The quantitative estimate of drug-likeness (QED) is 0.685. The van der Waals surface area contributed by atoms with E-state index in [9.17, 15) is 4.79 Å². The Morgan fingerprint density at radius 1 is 1.50 bits per heavy atom. The topological polar surface area (TPSA) is 54.3 Å². The largest absolute Gasteiger partial charge is 0.468 e. The number of furan rings is 1. The van der Waals surface area contributed by atoms with Crippen LogP contribution in [0.15, 0.2) is 16.7 Å². The van der Waals surface area contributed by atoms with Gasteiger partial charge in [-0.25, -0.2) is 0 Å². The lowest BCUT2D eigenvalue weighted by Crippen LogP contribution is -2.29. The van der Waals surface area contributed by atoms with Gasteiger partial charge in [-0.3, -0.25) is 4.79 Å². The van der Waals surface area contributed by atoms with Crippen molar-refractivity contribution in [3.05, 3.63) is 23.7 Å². The van der Waals surface area contributed by atoms with Crippen molar-refractivity contribution in [3.63, 3.8) is 0 Å². The Kier molecular flexibility index (Phi) is 4.19. The maximum absolute atomic E-state index is 10.5. The van der Waals surface area contributed by atoms with E-state index in [0.717, 1.165) is 17.9 Å². The van der Waals surface area contributed by atoms with Crippen molar-refractivity contribution in [1.29, 1.82) is 0 Å². The molecular weight excluding hydrogens is 180 g/mol. The molecule has 0 unspecified atom stereocenters. The number of hydrogen-bond donors (Lipinski definition) is 2. The Bertz CT molecular complexity index is 294. The van der Waals surface area contributed by atoms with E-state index in [-0.39, 0.29) is 5.91 Å². The smallest absolute Gasteiger partial charge is 0.216 e. The minimum atomic E-state index is 0.000907. The summed E-state index contributed by atoms with van der Waals surface area (Å²) in [5.74, 6) is 0.953. The highest BCUT2D eigenvalue weighted by Crippen LogP contribution is 2.07. The molecule has 0 fully saturated rings. The van der Waals surface area contributed by atoms with Crippen LogP contribution < -0.4 is 10.6 Å². The van der Waals surface area contributed by atoms with Crippen LogP contribution in [0.3, 0.4) is 0 Å². The highest BCUT2D eigenvalue weighted by atomic mass is 16.3. The molecule has 78 valence electrons. The van der Waals surface area contributed by atoms with Crippen LogP contribution in [0.1, 0.15) is 18.2 Å². The second-order valence-corrected chi connectivity index (χ2v) is 3.19. The Balaban J connectivity index is 2.10. The molecule has 0 atom stereocenters. The van der Waals surface area contributed by atoms with Gasteiger partial charge >= 0.3 is 0 Å². The molecule has 0 spiro atoms. The number of hydrogen-bond acceptors (Lipinski definition) is 3. The molecule has 0 saturated carbocycles. The summed E-state index contributed by atoms with van der Waals surface area (Å²) < 4.78 is 5.24. The second kappa shape index (κ2) is 5.44. The number of aryl methyl sites for hydroxylation is 1. The first-order valence-electron chi connectivity index (χ1n) is 4.68. The van der Waals surface area contributed by atoms with E-state index in [1.165, 1.54) is 6.92 Å². The SMILES string of the molecule is CC(=O)NCCNCc1occc1C. The van der Waals surface area contributed by atoms with E-state index in [0.29, 0.717) is 13.1 Å². The lowest BCUT2D eigenvalue weighted by molar-refractivity contribution is -0.118. The summed E-state index contributed by atoms with van der Waals surface area (Å²) >= 11 is 0. The first kappa shape index (κ1) is 10.8. The highest BCUT2D eigenvalue weighted by Gasteiger charge is 1.99. The van der Waals surface area contributed by atoms with Gasteiger partial charge in [-0.15, -0.1) is 0 Å². The molecule has 1 aromatic rings. The molecule has 14 heavy (non-hydrogen) atoms. The third-order valence-electron chi connectivity index (χ3n) is 1.93. The van der Waals surface area contributed by atoms with Gasteiger partial charge in [0.25, 0.3) is 0 Å². The lowest BCUT2D eigenvalue weighted by atomic mass is 10.3. The van der Waals surface area contributed by atoms with Crippen LogP contribution in [0.2, 0.25) is 0 Å². The van der Waals surface area contributed by atoms with Gasteiger partial charge in [-0.05, 0) is 18.6 Å². The fourth-order valence-corrected chi connectivity index (χ4v) is 1.11. The highest BCUT2D eigenvalue weighted by molar-refractivity contribution is 5.72. The third kappa shape index (κ3) is 3.62. The number of carbonyl (C=O) groups is 1. The van der Waals surface area contributed by atoms with Crippen molar-refractivity contribution in [1.82, 2.24) is 10.6 Å². The Morgan fingerprint density at radius 2 is 2.29 bits per heavy atom. The number of nitrogens with one attached hydrogen (secondary N) is 2. The lowest BCUT2D eigenvalue weighted by Gasteiger charge is -2.03. The maximum atomic E-state index is 10.5. The van der Waals surface area contributed by atoms with E-state index in [1.54, 1.807) is 6.26 Å². The summed E-state index contributed by atoms with van der Waals surface area (Å²) in [6.07, 6.45) is 1.68. The van der Waals surface area contributed by atoms with Crippen LogP contribution in [0.4, 0.5) is 0 Å². The molecule has 1 aromatic heterocycles. The van der Waals surface area contributed by atoms with Gasteiger partial charge in [0.2, 0.25) is 5.91 Å². The van der Waals surface area contributed by atoms with Crippen molar-refractivity contribution in [2.45, 2.75) is 20.4 Å². The van der Waals surface area contributed by atoms with Crippen LogP contribution in [0.25, 0.3) is 0 Å². The van der Waals surface area contributed by atoms with Crippen molar-refractivity contribution >= 4 is 5.91 Å². The summed E-state index contributed by atoms with van der Waals surface area (Å²) in [7, 11) is 0. The molecule has 0 saturated heterocycles. The molecule has 4 nitrogen and oxygen atoms in total. The van der Waals surface area contributed by atoms with E-state index in [1.807, 2.05) is 13.0 Å². The summed E-state index contributed by atoms with van der Waals surface area (Å²) in [4.78, 5) is 10.5. The zero-order chi connectivity index (χ0) is 10.4. The van der Waals surface area contributed by atoms with Crippen LogP contribution in [-0.2, 0) is 11.3 Å². The van der Waals surface area contributed by atoms with Gasteiger partial charge in [0.1, 0.15) is 5.76 Å². The third-order valence-corrected chi connectivity index (χ3v) is 1.93. The van der Waals surface area contributed by atoms with Crippen LogP contribution in [0.5, 0.6) is 0 Å². The molecule has 2 N–H and O–H groups in total. The molecular formula is C10H16N2O2. The molecule has 0 aliphatic heterocycles. The Labute approximate surface area is 83.7 Å². The van der Waals surface area contributed by atoms with Crippen LogP contribution in [-0.4, -0.2) is 19.0 Å². The van der Waals surface area contributed by atoms with Crippen molar-refractivity contribution in [3.8, 4) is 0 Å². The average molecular weight is 196 g/mol. The number of amides is 1. The van der Waals surface area contributed by atoms with Crippen molar-refractivity contribution < 1.29 is 9.21 Å². The van der Waals surface area contributed by atoms with Gasteiger partial charge in [0.15, 0.2) is 0 Å². The summed E-state index contributed by atoms with van der Waals surface area (Å²) in [5, 5.41) is 5.88. The normalized spacial score (nSPS) is 10.1. The van der Waals surface area contributed by atoms with Gasteiger partial charge < -0.3 is 15.1 Å². The van der Waals surface area contributed by atoms with Gasteiger partial charge in [-0.2, -0.15) is 0 Å². The molecule has 0 aliphatic carbocycles. The summed E-state index contributed by atoms with van der Waals surface area (Å²) in [5.41, 5.74) is 1.15. The second-order valence-electron chi connectivity index (χ2n) is 3.19. The van der Waals surface area contributed by atoms with E-state index >= 15 is 0 Å². The van der Waals surface area contributed by atoms with Crippen molar-refractivity contribution in [2.75, 3.05) is 13.1 Å². The van der Waals surface area contributed by atoms with Crippen LogP contribution in [0, 0.1) is 6.92 Å². The summed E-state index contributed by atoms with van der Waals surface area (Å²) in [6.45, 7) is 5.62. The first-order valence-corrected chi connectivity index (χ1v) is 4.68. The maximum Gasteiger partial charge on any atom is 0.216 e. The molecule has 0 bridgehead atoms. The molecule has 4 heteroatoms. The molecule has 0 aromatic carbocycles. The number of carbonyl (C=O) groups excluding carboxylic acids is 1. The van der Waals surface area contributed by atoms with Gasteiger partial charge in [0.05, 0.1) is 12.8 Å². The predicted molar refractivity (Wildman–Crippen MR) is 53.8 cm³/mol. The minimum Gasteiger partial charge on any atom is -0.468 e. The summed E-state index contributed by atoms with van der Waals surface area (Å²) in [6, 6.07) is 1.94. The standard InChI is InChI=1S/C10H16N2O2/c1-8-3-6-14-10(8)7-11-4-5-12-9(2)13/h3,6,11H,4-5,7H2,1-2H3,(H,12,13). The predicted octanol–water partition coefficient (Wildman–Crippen LogP) is 0.814. The first-order chi connectivity index (χ1) is 6.70. The van der Waals surface area contributed by atoms with Gasteiger partial charge in [0, 0.05) is 20.0 Å². The average Bonchev–Trinajstić information content (AvgIpc) is 2.51. The van der Waals surface area contributed by atoms with Crippen molar-refractivity contribution in [2.24, 2.45) is 0 Å². The van der Waals surface area contributed by atoms with E-state index in [4.69, 9.17) is 4.42 Å². The molecule has 1 heterocycles. The monoisotopic (exact) mass is 196 g/mol. The number of rotatable bonds is 5. The van der Waals surface area contributed by atoms with E-state index in [2.05, 4.69) is 10.6 Å². The molecule has 1 rings (SSSR count). The van der Waals surface area contributed by atoms with E-state index < -0.39 is 0 Å². The van der Waals surface area contributed by atoms with Gasteiger partial charge in [-0.1, -0.05) is 0 Å². The Morgan fingerprint density at radius 3 is 2.86 bits per heavy atom. The molecule has 0 radical (unpaired) electrons. The molecule has 0 aliphatic rings. The minimum absolute atomic E-state index is 0.000907. The van der Waals surface area contributed by atoms with Crippen LogP contribution >= 0.6 is 0 Å². The Hall–Kier alpha value is -1.29. The molecule has 1 amide bonds. The zero-order valence-corrected chi connectivity index (χ0v) is 8.59. The fraction of sp³-hybridized carbons (Fsp3) is 0.500.